The smallest absolute Gasteiger partial charge is 0.227 e. The maximum Gasteiger partial charge on any atom is 0.227 e. The first-order chi connectivity index (χ1) is 9.29. The second kappa shape index (κ2) is 10.2. The average molecular weight is 373 g/mol. The van der Waals surface area contributed by atoms with E-state index in [0.29, 0.717) is 0 Å². The molecule has 0 heterocycles. The summed E-state index contributed by atoms with van der Waals surface area (Å²) in [5.41, 5.74) is 1.12. The first-order valence-corrected chi connectivity index (χ1v) is 8.70. The maximum atomic E-state index is 12.2. The lowest BCUT2D eigenvalue weighted by atomic mass is 9.95. The molecule has 1 unspecified atom stereocenters. The van der Waals surface area contributed by atoms with Crippen LogP contribution < -0.4 is 5.32 Å². The van der Waals surface area contributed by atoms with Crippen LogP contribution in [0, 0.1) is 0 Å². The fourth-order valence-electron chi connectivity index (χ4n) is 2.17. The lowest BCUT2D eigenvalue weighted by Gasteiger charge is -2.15. The Morgan fingerprint density at radius 2 is 1.84 bits per heavy atom. The van der Waals surface area contributed by atoms with Gasteiger partial charge in [-0.3, -0.25) is 4.79 Å². The Labute approximate surface area is 130 Å². The summed E-state index contributed by atoms with van der Waals surface area (Å²) < 4.78 is 1.23. The van der Waals surface area contributed by atoms with Gasteiger partial charge >= 0.3 is 0 Å². The lowest BCUT2D eigenvalue weighted by molar-refractivity contribution is -0.122. The molecule has 1 amide bonds. The lowest BCUT2D eigenvalue weighted by Crippen LogP contribution is -2.29. The summed E-state index contributed by atoms with van der Waals surface area (Å²) in [5, 5.41) is 3.07. The standard InChI is InChI=1S/C16H24INO/c1-2-15(14-10-6-5-7-11-14)16(19)18-13-9-4-3-8-12-17/h5-7,10-11,15H,2-4,8-9,12-13H2,1H3,(H,18,19). The monoisotopic (exact) mass is 373 g/mol. The Hall–Kier alpha value is -0.580. The largest absolute Gasteiger partial charge is 0.356 e. The number of unbranched alkanes of at least 4 members (excludes halogenated alkanes) is 3. The fraction of sp³-hybridized carbons (Fsp3) is 0.562. The molecule has 1 aromatic carbocycles. The number of rotatable bonds is 9. The summed E-state index contributed by atoms with van der Waals surface area (Å²) in [6.45, 7) is 2.88. The Balaban J connectivity index is 2.31. The van der Waals surface area contributed by atoms with E-state index in [0.717, 1.165) is 24.9 Å². The third kappa shape index (κ3) is 6.41. The first kappa shape index (κ1) is 16.5. The molecule has 0 aliphatic rings. The number of carbonyl (C=O) groups is 1. The highest BCUT2D eigenvalue weighted by Crippen LogP contribution is 2.19. The zero-order valence-electron chi connectivity index (χ0n) is 11.7. The van der Waals surface area contributed by atoms with Crippen molar-refractivity contribution in [1.82, 2.24) is 5.32 Å². The first-order valence-electron chi connectivity index (χ1n) is 7.18. The van der Waals surface area contributed by atoms with Crippen LogP contribution in [0.3, 0.4) is 0 Å². The normalized spacial score (nSPS) is 12.1. The molecule has 1 N–H and O–H groups in total. The van der Waals surface area contributed by atoms with E-state index >= 15 is 0 Å². The van der Waals surface area contributed by atoms with Gasteiger partial charge in [-0.15, -0.1) is 0 Å². The highest BCUT2D eigenvalue weighted by molar-refractivity contribution is 14.1. The van der Waals surface area contributed by atoms with Crippen LogP contribution in [-0.2, 0) is 4.79 Å². The molecular formula is C16H24INO. The Morgan fingerprint density at radius 1 is 1.16 bits per heavy atom. The van der Waals surface area contributed by atoms with Gasteiger partial charge < -0.3 is 5.32 Å². The molecule has 0 fully saturated rings. The second-order valence-electron chi connectivity index (χ2n) is 4.77. The molecule has 2 nitrogen and oxygen atoms in total. The molecule has 106 valence electrons. The highest BCUT2D eigenvalue weighted by Gasteiger charge is 2.17. The number of nitrogens with one attached hydrogen (secondary N) is 1. The van der Waals surface area contributed by atoms with Crippen molar-refractivity contribution in [1.29, 1.82) is 0 Å². The molecular weight excluding hydrogens is 349 g/mol. The van der Waals surface area contributed by atoms with E-state index < -0.39 is 0 Å². The van der Waals surface area contributed by atoms with E-state index in [9.17, 15) is 4.79 Å². The van der Waals surface area contributed by atoms with Gasteiger partial charge in [0.2, 0.25) is 5.91 Å². The van der Waals surface area contributed by atoms with Crippen LogP contribution in [0.15, 0.2) is 30.3 Å². The van der Waals surface area contributed by atoms with Crippen LogP contribution in [0.4, 0.5) is 0 Å². The Morgan fingerprint density at radius 3 is 2.47 bits per heavy atom. The molecule has 0 aliphatic carbocycles. The predicted molar refractivity (Wildman–Crippen MR) is 89.8 cm³/mol. The van der Waals surface area contributed by atoms with Crippen LogP contribution in [0.5, 0.6) is 0 Å². The summed E-state index contributed by atoms with van der Waals surface area (Å²) >= 11 is 2.41. The van der Waals surface area contributed by atoms with Gasteiger partial charge in [0.1, 0.15) is 0 Å². The zero-order chi connectivity index (χ0) is 13.9. The minimum atomic E-state index is -0.00412. The molecule has 0 bridgehead atoms. The SMILES string of the molecule is CCC(C(=O)NCCCCCCI)c1ccccc1. The number of halogens is 1. The number of benzene rings is 1. The molecule has 1 rings (SSSR count). The molecule has 0 spiro atoms. The van der Waals surface area contributed by atoms with Gasteiger partial charge in [-0.25, -0.2) is 0 Å². The number of hydrogen-bond donors (Lipinski definition) is 1. The number of alkyl halides is 1. The molecule has 0 aromatic heterocycles. The number of carbonyl (C=O) groups excluding carboxylic acids is 1. The van der Waals surface area contributed by atoms with Crippen molar-refractivity contribution in [3.05, 3.63) is 35.9 Å². The number of hydrogen-bond acceptors (Lipinski definition) is 1. The van der Waals surface area contributed by atoms with Gasteiger partial charge in [-0.1, -0.05) is 72.7 Å². The van der Waals surface area contributed by atoms with Crippen molar-refractivity contribution in [2.24, 2.45) is 0 Å². The fourth-order valence-corrected chi connectivity index (χ4v) is 2.71. The van der Waals surface area contributed by atoms with Gasteiger partial charge in [0, 0.05) is 6.54 Å². The molecule has 1 aromatic rings. The van der Waals surface area contributed by atoms with E-state index in [2.05, 4.69) is 34.8 Å². The summed E-state index contributed by atoms with van der Waals surface area (Å²) in [5.74, 6) is 0.165. The molecule has 1 atom stereocenters. The van der Waals surface area contributed by atoms with Crippen LogP contribution in [0.1, 0.15) is 50.5 Å². The predicted octanol–water partition coefficient (Wildman–Crippen LogP) is 4.29. The molecule has 19 heavy (non-hydrogen) atoms. The van der Waals surface area contributed by atoms with Crippen LogP contribution in [-0.4, -0.2) is 16.9 Å². The highest BCUT2D eigenvalue weighted by atomic mass is 127. The molecule has 3 heteroatoms. The summed E-state index contributed by atoms with van der Waals surface area (Å²) in [7, 11) is 0. The molecule has 0 saturated heterocycles. The van der Waals surface area contributed by atoms with Crippen LogP contribution in [0.2, 0.25) is 0 Å². The molecule has 0 aliphatic heterocycles. The number of amides is 1. The van der Waals surface area contributed by atoms with Gasteiger partial charge in [0.15, 0.2) is 0 Å². The Kier molecular flexibility index (Phi) is 8.88. The van der Waals surface area contributed by atoms with Gasteiger partial charge in [-0.05, 0) is 29.3 Å². The third-order valence-corrected chi connectivity index (χ3v) is 4.05. The molecule has 0 radical (unpaired) electrons. The minimum Gasteiger partial charge on any atom is -0.356 e. The molecule has 0 saturated carbocycles. The summed E-state index contributed by atoms with van der Waals surface area (Å²) in [4.78, 5) is 12.2. The van der Waals surface area contributed by atoms with E-state index in [4.69, 9.17) is 0 Å². The second-order valence-corrected chi connectivity index (χ2v) is 5.84. The van der Waals surface area contributed by atoms with Crippen molar-refractivity contribution in [3.63, 3.8) is 0 Å². The van der Waals surface area contributed by atoms with Crippen molar-refractivity contribution in [2.75, 3.05) is 11.0 Å². The van der Waals surface area contributed by atoms with Crippen molar-refractivity contribution in [2.45, 2.75) is 44.9 Å². The van der Waals surface area contributed by atoms with E-state index in [-0.39, 0.29) is 11.8 Å². The van der Waals surface area contributed by atoms with Gasteiger partial charge in [0.05, 0.1) is 5.92 Å². The zero-order valence-corrected chi connectivity index (χ0v) is 13.9. The quantitative estimate of drug-likeness (QED) is 0.391. The maximum absolute atomic E-state index is 12.2. The van der Waals surface area contributed by atoms with Gasteiger partial charge in [-0.2, -0.15) is 0 Å². The topological polar surface area (TPSA) is 29.1 Å². The summed E-state index contributed by atoms with van der Waals surface area (Å²) in [6.07, 6.45) is 5.72. The van der Waals surface area contributed by atoms with Crippen molar-refractivity contribution >= 4 is 28.5 Å². The van der Waals surface area contributed by atoms with Crippen molar-refractivity contribution in [3.8, 4) is 0 Å². The van der Waals surface area contributed by atoms with E-state index in [1.807, 2.05) is 30.3 Å². The third-order valence-electron chi connectivity index (χ3n) is 3.29. The van der Waals surface area contributed by atoms with Crippen molar-refractivity contribution < 1.29 is 4.79 Å². The van der Waals surface area contributed by atoms with Crippen LogP contribution >= 0.6 is 22.6 Å². The van der Waals surface area contributed by atoms with E-state index in [1.165, 1.54) is 23.7 Å². The van der Waals surface area contributed by atoms with Gasteiger partial charge in [0.25, 0.3) is 0 Å². The van der Waals surface area contributed by atoms with Crippen LogP contribution in [0.25, 0.3) is 0 Å². The Bertz CT molecular complexity index is 353. The average Bonchev–Trinajstić information content (AvgIpc) is 2.45. The van der Waals surface area contributed by atoms with E-state index in [1.54, 1.807) is 0 Å². The summed E-state index contributed by atoms with van der Waals surface area (Å²) in [6, 6.07) is 10.0. The minimum absolute atomic E-state index is 0.00412.